The maximum atomic E-state index is 12.4. The largest absolute Gasteiger partial charge is 0.444 e. The Balaban J connectivity index is 1.67. The molecule has 4 nitrogen and oxygen atoms in total. The van der Waals surface area contributed by atoms with Crippen LogP contribution in [0.5, 0.6) is 0 Å². The van der Waals surface area contributed by atoms with Gasteiger partial charge in [-0.15, -0.1) is 11.8 Å². The van der Waals surface area contributed by atoms with E-state index in [9.17, 15) is 9.59 Å². The molecule has 0 atom stereocenters. The summed E-state index contributed by atoms with van der Waals surface area (Å²) in [5.41, 5.74) is 0.374. The van der Waals surface area contributed by atoms with Gasteiger partial charge in [0, 0.05) is 34.7 Å². The van der Waals surface area contributed by atoms with Gasteiger partial charge < -0.3 is 9.64 Å². The van der Waals surface area contributed by atoms with Crippen molar-refractivity contribution >= 4 is 23.6 Å². The van der Waals surface area contributed by atoms with Crippen LogP contribution in [0.2, 0.25) is 0 Å². The van der Waals surface area contributed by atoms with Crippen LogP contribution in [0.3, 0.4) is 0 Å². The number of carbonyl (C=O) groups excluding carboxylic acids is 2. The maximum absolute atomic E-state index is 12.4. The number of likely N-dealkylation sites (tertiary alicyclic amines) is 1. The van der Waals surface area contributed by atoms with Gasteiger partial charge >= 0.3 is 6.09 Å². The number of piperidine rings is 1. The molecule has 1 aromatic carbocycles. The third kappa shape index (κ3) is 3.55. The second-order valence-electron chi connectivity index (χ2n) is 7.35. The van der Waals surface area contributed by atoms with E-state index in [4.69, 9.17) is 4.74 Å². The van der Waals surface area contributed by atoms with Crippen LogP contribution in [0.25, 0.3) is 0 Å². The fourth-order valence-electron chi connectivity index (χ4n) is 3.15. The number of Topliss-reactive ketones (excluding diaryl/α,β-unsaturated/α-hetero) is 1. The monoisotopic (exact) mass is 333 g/mol. The van der Waals surface area contributed by atoms with Gasteiger partial charge in [-0.05, 0) is 39.7 Å². The first kappa shape index (κ1) is 16.4. The lowest BCUT2D eigenvalue weighted by atomic mass is 9.88. The fraction of sp³-hybridized carbons (Fsp3) is 0.556. The average Bonchev–Trinajstić information content (AvgIpc) is 2.46. The molecule has 0 radical (unpaired) electrons. The molecule has 0 aliphatic carbocycles. The van der Waals surface area contributed by atoms with Crippen LogP contribution in [0.4, 0.5) is 4.79 Å². The predicted molar refractivity (Wildman–Crippen MR) is 91.0 cm³/mol. The van der Waals surface area contributed by atoms with Crippen LogP contribution in [-0.2, 0) is 4.74 Å². The zero-order valence-electron chi connectivity index (χ0n) is 13.9. The van der Waals surface area contributed by atoms with Gasteiger partial charge in [-0.1, -0.05) is 18.2 Å². The summed E-state index contributed by atoms with van der Waals surface area (Å²) in [6.45, 7) is 6.93. The molecule has 3 rings (SSSR count). The summed E-state index contributed by atoms with van der Waals surface area (Å²) in [4.78, 5) is 27.5. The Morgan fingerprint density at radius 3 is 2.52 bits per heavy atom. The molecular weight excluding hydrogens is 310 g/mol. The number of rotatable bonds is 0. The van der Waals surface area contributed by atoms with Crippen LogP contribution in [0, 0.1) is 0 Å². The van der Waals surface area contributed by atoms with E-state index >= 15 is 0 Å². The Morgan fingerprint density at radius 1 is 1.22 bits per heavy atom. The lowest BCUT2D eigenvalue weighted by Crippen LogP contribution is -2.48. The predicted octanol–water partition coefficient (Wildman–Crippen LogP) is 4.13. The van der Waals surface area contributed by atoms with Crippen LogP contribution in [-0.4, -0.2) is 40.2 Å². The highest BCUT2D eigenvalue weighted by Crippen LogP contribution is 2.48. The molecule has 0 N–H and O–H groups in total. The first-order valence-electron chi connectivity index (χ1n) is 8.07. The second-order valence-corrected chi connectivity index (χ2v) is 8.86. The first-order valence-corrected chi connectivity index (χ1v) is 8.89. The van der Waals surface area contributed by atoms with E-state index in [-0.39, 0.29) is 16.6 Å². The summed E-state index contributed by atoms with van der Waals surface area (Å²) < 4.78 is 5.38. The molecule has 1 saturated heterocycles. The second kappa shape index (κ2) is 5.86. The van der Waals surface area contributed by atoms with Crippen LogP contribution in [0.15, 0.2) is 29.2 Å². The number of nitrogens with zero attached hydrogens (tertiary/aromatic N) is 1. The molecular formula is C18H23NO3S. The molecule has 1 aromatic rings. The molecule has 1 amide bonds. The van der Waals surface area contributed by atoms with Crippen LogP contribution in [0.1, 0.15) is 50.4 Å². The maximum Gasteiger partial charge on any atom is 0.410 e. The van der Waals surface area contributed by atoms with Crippen LogP contribution >= 0.6 is 11.8 Å². The van der Waals surface area contributed by atoms with Gasteiger partial charge in [-0.3, -0.25) is 4.79 Å². The van der Waals surface area contributed by atoms with Gasteiger partial charge in [0.05, 0.1) is 0 Å². The Hall–Kier alpha value is -1.49. The first-order chi connectivity index (χ1) is 10.8. The number of ether oxygens (including phenoxy) is 1. The molecule has 0 bridgehead atoms. The van der Waals surface area contributed by atoms with Crippen molar-refractivity contribution in [2.75, 3.05) is 13.1 Å². The molecule has 2 heterocycles. The number of carbonyl (C=O) groups is 2. The standard InChI is InChI=1S/C18H23NO3S/c1-17(2,3)22-16(21)19-10-8-18(9-11-19)12-14(20)13-6-4-5-7-15(13)23-18/h4-7H,8-12H2,1-3H3. The minimum absolute atomic E-state index is 0.0655. The van der Waals surface area contributed by atoms with Crippen molar-refractivity contribution in [3.8, 4) is 0 Å². The quantitative estimate of drug-likeness (QED) is 0.716. The average molecular weight is 333 g/mol. The molecule has 0 aromatic heterocycles. The molecule has 2 aliphatic rings. The zero-order valence-corrected chi connectivity index (χ0v) is 14.7. The minimum atomic E-state index is -0.472. The van der Waals surface area contributed by atoms with Crippen molar-refractivity contribution in [2.45, 2.75) is 55.3 Å². The summed E-state index contributed by atoms with van der Waals surface area (Å²) >= 11 is 1.81. The molecule has 0 saturated carbocycles. The normalized spacial score (nSPS) is 20.3. The molecule has 124 valence electrons. The summed E-state index contributed by atoms with van der Waals surface area (Å²) in [5.74, 6) is 0.227. The van der Waals surface area contributed by atoms with Crippen molar-refractivity contribution in [2.24, 2.45) is 0 Å². The number of benzene rings is 1. The Labute approximate surface area is 141 Å². The van der Waals surface area contributed by atoms with Gasteiger partial charge in [0.1, 0.15) is 5.60 Å². The number of ketones is 1. The lowest BCUT2D eigenvalue weighted by Gasteiger charge is -2.43. The SMILES string of the molecule is CC(C)(C)OC(=O)N1CCC2(CC1)CC(=O)c1ccccc1S2. The Bertz CT molecular complexity index is 627. The number of hydrogen-bond acceptors (Lipinski definition) is 4. The number of amides is 1. The van der Waals surface area contributed by atoms with E-state index < -0.39 is 5.60 Å². The topological polar surface area (TPSA) is 46.6 Å². The van der Waals surface area contributed by atoms with E-state index in [1.54, 1.807) is 4.90 Å². The summed E-state index contributed by atoms with van der Waals surface area (Å²) in [6, 6.07) is 7.83. The molecule has 0 unspecified atom stereocenters. The molecule has 5 heteroatoms. The molecule has 23 heavy (non-hydrogen) atoms. The van der Waals surface area contributed by atoms with Crippen molar-refractivity contribution in [3.05, 3.63) is 29.8 Å². The Kier molecular flexibility index (Phi) is 4.17. The van der Waals surface area contributed by atoms with Gasteiger partial charge in [0.15, 0.2) is 5.78 Å². The molecule has 1 fully saturated rings. The fourth-order valence-corrected chi connectivity index (χ4v) is 4.64. The molecule has 2 aliphatic heterocycles. The number of hydrogen-bond donors (Lipinski definition) is 0. The summed E-state index contributed by atoms with van der Waals surface area (Å²) in [7, 11) is 0. The van der Waals surface area contributed by atoms with Gasteiger partial charge in [0.2, 0.25) is 0 Å². The summed E-state index contributed by atoms with van der Waals surface area (Å²) in [5, 5.41) is 0. The Morgan fingerprint density at radius 2 is 1.87 bits per heavy atom. The van der Waals surface area contributed by atoms with E-state index in [0.717, 1.165) is 23.3 Å². The van der Waals surface area contributed by atoms with Crippen molar-refractivity contribution in [1.29, 1.82) is 0 Å². The highest BCUT2D eigenvalue weighted by molar-refractivity contribution is 8.01. The van der Waals surface area contributed by atoms with E-state index in [0.29, 0.717) is 19.5 Å². The van der Waals surface area contributed by atoms with Gasteiger partial charge in [-0.2, -0.15) is 0 Å². The smallest absolute Gasteiger partial charge is 0.410 e. The molecule has 1 spiro atoms. The van der Waals surface area contributed by atoms with Crippen LogP contribution < -0.4 is 0 Å². The summed E-state index contributed by atoms with van der Waals surface area (Å²) in [6.07, 6.45) is 1.98. The van der Waals surface area contributed by atoms with Crippen molar-refractivity contribution in [1.82, 2.24) is 4.90 Å². The van der Waals surface area contributed by atoms with Crippen molar-refractivity contribution in [3.63, 3.8) is 0 Å². The highest BCUT2D eigenvalue weighted by Gasteiger charge is 2.42. The number of thioether (sulfide) groups is 1. The third-order valence-electron chi connectivity index (χ3n) is 4.32. The highest BCUT2D eigenvalue weighted by atomic mass is 32.2. The minimum Gasteiger partial charge on any atom is -0.444 e. The lowest BCUT2D eigenvalue weighted by molar-refractivity contribution is 0.0196. The third-order valence-corrected chi connectivity index (χ3v) is 5.88. The van der Waals surface area contributed by atoms with Crippen molar-refractivity contribution < 1.29 is 14.3 Å². The van der Waals surface area contributed by atoms with E-state index in [2.05, 4.69) is 0 Å². The zero-order chi connectivity index (χ0) is 16.7. The van der Waals surface area contributed by atoms with Gasteiger partial charge in [-0.25, -0.2) is 4.79 Å². The van der Waals surface area contributed by atoms with E-state index in [1.165, 1.54) is 0 Å². The van der Waals surface area contributed by atoms with Gasteiger partial charge in [0.25, 0.3) is 0 Å². The number of fused-ring (bicyclic) bond motifs is 1. The van der Waals surface area contributed by atoms with E-state index in [1.807, 2.05) is 56.8 Å².